The molecule has 0 unspecified atom stereocenters. The molecule has 21 heavy (non-hydrogen) atoms. The molecule has 1 heterocycles. The summed E-state index contributed by atoms with van der Waals surface area (Å²) in [6.07, 6.45) is 6.29. The third-order valence-corrected chi connectivity index (χ3v) is 6.59. The molecule has 1 aromatic carbocycles. The number of thioether (sulfide) groups is 2. The van der Waals surface area contributed by atoms with Crippen molar-refractivity contribution in [3.8, 4) is 5.75 Å². The molecule has 0 amide bonds. The maximum Gasteiger partial charge on any atom is 0.311 e. The average Bonchev–Trinajstić information content (AvgIpc) is 3.02. The Morgan fingerprint density at radius 1 is 1.10 bits per heavy atom. The van der Waals surface area contributed by atoms with E-state index in [0.717, 1.165) is 12.8 Å². The van der Waals surface area contributed by atoms with Crippen molar-refractivity contribution in [2.24, 2.45) is 0 Å². The summed E-state index contributed by atoms with van der Waals surface area (Å²) in [6, 6.07) is 8.01. The standard InChI is InChI=1S/C17H24O2S2/c1-2-3-4-5-6-7-16(18)19-15-10-8-14(9-11-15)17-20-12-13-21-17/h8-11,17H,2-7,12-13H2,1H3. The molecule has 2 nitrogen and oxygen atoms in total. The topological polar surface area (TPSA) is 26.3 Å². The molecule has 0 N–H and O–H groups in total. The molecule has 0 spiro atoms. The van der Waals surface area contributed by atoms with Crippen LogP contribution < -0.4 is 4.74 Å². The van der Waals surface area contributed by atoms with Crippen LogP contribution >= 0.6 is 23.5 Å². The Hall–Kier alpha value is -0.610. The number of benzene rings is 1. The molecule has 0 atom stereocenters. The smallest absolute Gasteiger partial charge is 0.311 e. The largest absolute Gasteiger partial charge is 0.427 e. The van der Waals surface area contributed by atoms with Crippen molar-refractivity contribution >= 4 is 29.5 Å². The fourth-order valence-electron chi connectivity index (χ4n) is 2.30. The normalized spacial score (nSPS) is 15.3. The number of carbonyl (C=O) groups excluding carboxylic acids is 1. The molecule has 2 rings (SSSR count). The number of esters is 1. The van der Waals surface area contributed by atoms with Gasteiger partial charge in [0.25, 0.3) is 0 Å². The Bertz CT molecular complexity index is 425. The van der Waals surface area contributed by atoms with Crippen molar-refractivity contribution in [3.05, 3.63) is 29.8 Å². The molecular weight excluding hydrogens is 300 g/mol. The second-order valence-corrected chi connectivity index (χ2v) is 8.01. The minimum Gasteiger partial charge on any atom is -0.427 e. The van der Waals surface area contributed by atoms with E-state index in [-0.39, 0.29) is 5.97 Å². The van der Waals surface area contributed by atoms with Gasteiger partial charge in [0.2, 0.25) is 0 Å². The van der Waals surface area contributed by atoms with Gasteiger partial charge >= 0.3 is 5.97 Å². The Labute approximate surface area is 136 Å². The van der Waals surface area contributed by atoms with Crippen LogP contribution in [-0.2, 0) is 4.79 Å². The van der Waals surface area contributed by atoms with E-state index in [1.165, 1.54) is 36.3 Å². The Balaban J connectivity index is 1.71. The molecule has 1 saturated heterocycles. The zero-order valence-corrected chi connectivity index (χ0v) is 14.3. The van der Waals surface area contributed by atoms with Crippen LogP contribution in [0.1, 0.15) is 55.6 Å². The average molecular weight is 325 g/mol. The number of carbonyl (C=O) groups is 1. The van der Waals surface area contributed by atoms with Crippen molar-refractivity contribution in [2.45, 2.75) is 50.0 Å². The quantitative estimate of drug-likeness (QED) is 0.362. The van der Waals surface area contributed by atoms with Crippen molar-refractivity contribution in [1.82, 2.24) is 0 Å². The summed E-state index contributed by atoms with van der Waals surface area (Å²) in [5, 5.41) is 0. The van der Waals surface area contributed by atoms with Crippen molar-refractivity contribution in [2.75, 3.05) is 11.5 Å². The first-order valence-electron chi connectivity index (χ1n) is 7.83. The van der Waals surface area contributed by atoms with Crippen LogP contribution in [0.5, 0.6) is 5.75 Å². The summed E-state index contributed by atoms with van der Waals surface area (Å²) in [6.45, 7) is 2.19. The molecule has 4 heteroatoms. The summed E-state index contributed by atoms with van der Waals surface area (Å²) >= 11 is 3.98. The molecule has 0 radical (unpaired) electrons. The summed E-state index contributed by atoms with van der Waals surface area (Å²) in [7, 11) is 0. The fourth-order valence-corrected chi connectivity index (χ4v) is 5.16. The molecule has 0 saturated carbocycles. The van der Waals surface area contributed by atoms with Gasteiger partial charge in [-0.15, -0.1) is 23.5 Å². The SMILES string of the molecule is CCCCCCCC(=O)Oc1ccc(C2SCCS2)cc1. The number of hydrogen-bond acceptors (Lipinski definition) is 4. The monoisotopic (exact) mass is 324 g/mol. The highest BCUT2D eigenvalue weighted by Crippen LogP contribution is 2.45. The Morgan fingerprint density at radius 2 is 1.76 bits per heavy atom. The van der Waals surface area contributed by atoms with E-state index in [4.69, 9.17) is 4.74 Å². The van der Waals surface area contributed by atoms with Crippen LogP contribution in [0.2, 0.25) is 0 Å². The molecule has 0 aliphatic carbocycles. The maximum atomic E-state index is 11.8. The van der Waals surface area contributed by atoms with Crippen molar-refractivity contribution in [3.63, 3.8) is 0 Å². The minimum absolute atomic E-state index is 0.108. The predicted octanol–water partition coefficient (Wildman–Crippen LogP) is 5.43. The lowest BCUT2D eigenvalue weighted by Crippen LogP contribution is -2.07. The molecule has 1 aromatic rings. The van der Waals surface area contributed by atoms with E-state index in [1.807, 2.05) is 35.7 Å². The molecule has 0 aromatic heterocycles. The first-order chi connectivity index (χ1) is 10.3. The first-order valence-corrected chi connectivity index (χ1v) is 9.93. The first kappa shape index (κ1) is 16.8. The van der Waals surface area contributed by atoms with Crippen molar-refractivity contribution in [1.29, 1.82) is 0 Å². The summed E-state index contributed by atoms with van der Waals surface area (Å²) < 4.78 is 5.94. The van der Waals surface area contributed by atoms with E-state index in [9.17, 15) is 4.79 Å². The minimum atomic E-state index is -0.108. The molecular formula is C17H24O2S2. The zero-order valence-electron chi connectivity index (χ0n) is 12.7. The van der Waals surface area contributed by atoms with Gasteiger partial charge in [-0.1, -0.05) is 44.7 Å². The highest BCUT2D eigenvalue weighted by atomic mass is 32.2. The van der Waals surface area contributed by atoms with E-state index in [2.05, 4.69) is 19.1 Å². The third kappa shape index (κ3) is 5.95. The van der Waals surface area contributed by atoms with Gasteiger partial charge in [-0.25, -0.2) is 0 Å². The third-order valence-electron chi connectivity index (χ3n) is 3.49. The number of ether oxygens (including phenoxy) is 1. The number of rotatable bonds is 8. The molecule has 1 aliphatic heterocycles. The number of hydrogen-bond donors (Lipinski definition) is 0. The predicted molar refractivity (Wildman–Crippen MR) is 93.1 cm³/mol. The maximum absolute atomic E-state index is 11.8. The van der Waals surface area contributed by atoms with Crippen LogP contribution in [0.25, 0.3) is 0 Å². The highest BCUT2D eigenvalue weighted by molar-refractivity contribution is 8.19. The zero-order chi connectivity index (χ0) is 14.9. The van der Waals surface area contributed by atoms with Gasteiger partial charge in [0.1, 0.15) is 5.75 Å². The van der Waals surface area contributed by atoms with Gasteiger partial charge in [0, 0.05) is 17.9 Å². The molecule has 1 fully saturated rings. The van der Waals surface area contributed by atoms with E-state index < -0.39 is 0 Å². The lowest BCUT2D eigenvalue weighted by molar-refractivity contribution is -0.134. The van der Waals surface area contributed by atoms with Gasteiger partial charge in [-0.2, -0.15) is 0 Å². The van der Waals surface area contributed by atoms with E-state index in [1.54, 1.807) is 0 Å². The summed E-state index contributed by atoms with van der Waals surface area (Å²) in [4.78, 5) is 11.8. The lowest BCUT2D eigenvalue weighted by Gasteiger charge is -2.09. The fraction of sp³-hybridized carbons (Fsp3) is 0.588. The Morgan fingerprint density at radius 3 is 2.43 bits per heavy atom. The summed E-state index contributed by atoms with van der Waals surface area (Å²) in [5.74, 6) is 3.02. The van der Waals surface area contributed by atoms with Crippen LogP contribution in [0.3, 0.4) is 0 Å². The second-order valence-electron chi connectivity index (χ2n) is 5.28. The van der Waals surface area contributed by atoms with Crippen LogP contribution in [-0.4, -0.2) is 17.5 Å². The van der Waals surface area contributed by atoms with E-state index >= 15 is 0 Å². The van der Waals surface area contributed by atoms with Gasteiger partial charge in [-0.05, 0) is 24.1 Å². The van der Waals surface area contributed by atoms with Gasteiger partial charge in [0.15, 0.2) is 0 Å². The van der Waals surface area contributed by atoms with Gasteiger partial charge in [0.05, 0.1) is 4.58 Å². The van der Waals surface area contributed by atoms with Gasteiger partial charge < -0.3 is 4.74 Å². The van der Waals surface area contributed by atoms with Crippen LogP contribution in [0, 0.1) is 0 Å². The summed E-state index contributed by atoms with van der Waals surface area (Å²) in [5.41, 5.74) is 1.32. The van der Waals surface area contributed by atoms with E-state index in [0.29, 0.717) is 16.8 Å². The van der Waals surface area contributed by atoms with Gasteiger partial charge in [-0.3, -0.25) is 4.79 Å². The number of unbranched alkanes of at least 4 members (excludes halogenated alkanes) is 4. The molecule has 0 bridgehead atoms. The molecule has 116 valence electrons. The highest BCUT2D eigenvalue weighted by Gasteiger charge is 2.18. The van der Waals surface area contributed by atoms with Crippen molar-refractivity contribution < 1.29 is 9.53 Å². The second kappa shape index (κ2) is 9.42. The Kier molecular flexibility index (Phi) is 7.51. The van der Waals surface area contributed by atoms with Crippen LogP contribution in [0.15, 0.2) is 24.3 Å². The van der Waals surface area contributed by atoms with Crippen LogP contribution in [0.4, 0.5) is 0 Å². The molecule has 1 aliphatic rings. The lowest BCUT2D eigenvalue weighted by atomic mass is 10.1.